The van der Waals surface area contributed by atoms with Crippen molar-refractivity contribution in [3.8, 4) is 0 Å². The van der Waals surface area contributed by atoms with Crippen LogP contribution in [0.1, 0.15) is 56.9 Å². The minimum absolute atomic E-state index is 0.566. The SMILES string of the molecule is Clc1ccc(/C=N\Nc2cc(N3CCCCCC3)nc(N3CCCCCC3)n2)c(Cl)c1. The molecule has 2 aliphatic rings. The van der Waals surface area contributed by atoms with Crippen molar-refractivity contribution in [1.82, 2.24) is 9.97 Å². The summed E-state index contributed by atoms with van der Waals surface area (Å²) >= 11 is 12.2. The first-order chi connectivity index (χ1) is 15.2. The van der Waals surface area contributed by atoms with Crippen LogP contribution in [-0.2, 0) is 0 Å². The Morgan fingerprint density at radius 2 is 1.45 bits per heavy atom. The van der Waals surface area contributed by atoms with Crippen LogP contribution < -0.4 is 15.2 Å². The largest absolute Gasteiger partial charge is 0.356 e. The number of anilines is 3. The van der Waals surface area contributed by atoms with E-state index < -0.39 is 0 Å². The molecule has 4 rings (SSSR count). The fourth-order valence-corrected chi connectivity index (χ4v) is 4.58. The lowest BCUT2D eigenvalue weighted by atomic mass is 10.2. The van der Waals surface area contributed by atoms with Gasteiger partial charge in [-0.2, -0.15) is 15.1 Å². The van der Waals surface area contributed by atoms with E-state index in [4.69, 9.17) is 33.2 Å². The van der Waals surface area contributed by atoms with Gasteiger partial charge in [0.05, 0.1) is 11.2 Å². The van der Waals surface area contributed by atoms with Crippen molar-refractivity contribution in [2.45, 2.75) is 51.4 Å². The summed E-state index contributed by atoms with van der Waals surface area (Å²) in [4.78, 5) is 14.5. The second kappa shape index (κ2) is 11.0. The van der Waals surface area contributed by atoms with E-state index in [0.717, 1.165) is 43.5 Å². The predicted molar refractivity (Wildman–Crippen MR) is 131 cm³/mol. The molecule has 0 saturated carbocycles. The molecular formula is C23H30Cl2N6. The molecule has 2 aliphatic heterocycles. The van der Waals surface area contributed by atoms with Crippen LogP contribution in [0.4, 0.5) is 17.6 Å². The quantitative estimate of drug-likeness (QED) is 0.438. The van der Waals surface area contributed by atoms with Crippen molar-refractivity contribution in [3.05, 3.63) is 39.9 Å². The molecule has 0 bridgehead atoms. The third-order valence-electron chi connectivity index (χ3n) is 5.87. The molecule has 2 saturated heterocycles. The number of benzene rings is 1. The molecule has 0 unspecified atom stereocenters. The molecule has 31 heavy (non-hydrogen) atoms. The molecule has 6 nitrogen and oxygen atoms in total. The molecule has 0 spiro atoms. The maximum atomic E-state index is 6.25. The number of nitrogens with one attached hydrogen (secondary N) is 1. The highest BCUT2D eigenvalue weighted by atomic mass is 35.5. The summed E-state index contributed by atoms with van der Waals surface area (Å²) in [6, 6.07) is 7.37. The Morgan fingerprint density at radius 3 is 2.10 bits per heavy atom. The minimum atomic E-state index is 0.566. The molecule has 0 atom stereocenters. The molecule has 0 amide bonds. The topological polar surface area (TPSA) is 56.7 Å². The Balaban J connectivity index is 1.57. The van der Waals surface area contributed by atoms with Crippen LogP contribution in [-0.4, -0.2) is 42.4 Å². The molecule has 1 aromatic heterocycles. The van der Waals surface area contributed by atoms with E-state index in [-0.39, 0.29) is 0 Å². The zero-order valence-electron chi connectivity index (χ0n) is 17.9. The van der Waals surface area contributed by atoms with Gasteiger partial charge in [0, 0.05) is 42.8 Å². The lowest BCUT2D eigenvalue weighted by molar-refractivity contribution is 0.726. The van der Waals surface area contributed by atoms with Crippen LogP contribution in [0.15, 0.2) is 29.4 Å². The van der Waals surface area contributed by atoms with Gasteiger partial charge in [0.1, 0.15) is 5.82 Å². The summed E-state index contributed by atoms with van der Waals surface area (Å²) in [5, 5.41) is 5.55. The van der Waals surface area contributed by atoms with E-state index in [2.05, 4.69) is 20.3 Å². The van der Waals surface area contributed by atoms with Crippen LogP contribution >= 0.6 is 23.2 Å². The maximum absolute atomic E-state index is 6.25. The van der Waals surface area contributed by atoms with Crippen molar-refractivity contribution >= 4 is 47.0 Å². The van der Waals surface area contributed by atoms with Crippen molar-refractivity contribution in [1.29, 1.82) is 0 Å². The number of hydrogen-bond acceptors (Lipinski definition) is 6. The monoisotopic (exact) mass is 460 g/mol. The van der Waals surface area contributed by atoms with Gasteiger partial charge in [0.25, 0.3) is 0 Å². The average Bonchev–Trinajstić information content (AvgIpc) is 3.21. The predicted octanol–water partition coefficient (Wildman–Crippen LogP) is 5.99. The molecule has 0 radical (unpaired) electrons. The first-order valence-corrected chi connectivity index (χ1v) is 12.1. The standard InChI is InChI=1S/C23H30Cl2N6/c24-19-10-9-18(20(25)15-19)17-26-29-21-16-22(30-11-5-1-2-6-12-30)28-23(27-21)31-13-7-3-4-8-14-31/h9-10,15-17H,1-8,11-14H2,(H,27,28,29)/b26-17-. The van der Waals surface area contributed by atoms with Crippen LogP contribution in [0.3, 0.4) is 0 Å². The summed E-state index contributed by atoms with van der Waals surface area (Å²) in [5.41, 5.74) is 3.90. The third-order valence-corrected chi connectivity index (χ3v) is 6.43. The zero-order valence-corrected chi connectivity index (χ0v) is 19.4. The van der Waals surface area contributed by atoms with Gasteiger partial charge in [-0.15, -0.1) is 0 Å². The van der Waals surface area contributed by atoms with Gasteiger partial charge in [-0.3, -0.25) is 5.43 Å². The Bertz CT molecular complexity index is 849. The number of hydrazone groups is 1. The first kappa shape index (κ1) is 22.2. The molecule has 1 N–H and O–H groups in total. The van der Waals surface area contributed by atoms with Crippen LogP contribution in [0.2, 0.25) is 10.0 Å². The van der Waals surface area contributed by atoms with E-state index in [1.807, 2.05) is 12.1 Å². The lowest BCUT2D eigenvalue weighted by Crippen LogP contribution is -2.29. The van der Waals surface area contributed by atoms with Gasteiger partial charge in [0.2, 0.25) is 5.95 Å². The number of rotatable bonds is 5. The molecule has 8 heteroatoms. The zero-order chi connectivity index (χ0) is 21.5. The highest BCUT2D eigenvalue weighted by Gasteiger charge is 2.18. The fraction of sp³-hybridized carbons (Fsp3) is 0.522. The Morgan fingerprint density at radius 1 is 0.806 bits per heavy atom. The van der Waals surface area contributed by atoms with E-state index in [1.165, 1.54) is 51.4 Å². The second-order valence-corrected chi connectivity index (χ2v) is 9.09. The average molecular weight is 461 g/mol. The van der Waals surface area contributed by atoms with Crippen molar-refractivity contribution in [2.75, 3.05) is 41.4 Å². The van der Waals surface area contributed by atoms with Crippen LogP contribution in [0.25, 0.3) is 0 Å². The van der Waals surface area contributed by atoms with Gasteiger partial charge >= 0.3 is 0 Å². The van der Waals surface area contributed by atoms with Gasteiger partial charge in [-0.05, 0) is 37.8 Å². The Labute approximate surface area is 194 Å². The van der Waals surface area contributed by atoms with Gasteiger partial charge < -0.3 is 9.80 Å². The Hall–Kier alpha value is -2.05. The molecular weight excluding hydrogens is 431 g/mol. The number of halogens is 2. The van der Waals surface area contributed by atoms with E-state index in [1.54, 1.807) is 18.3 Å². The second-order valence-electron chi connectivity index (χ2n) is 8.25. The highest BCUT2D eigenvalue weighted by Crippen LogP contribution is 2.25. The summed E-state index contributed by atoms with van der Waals surface area (Å²) in [5.74, 6) is 2.49. The normalized spacial score (nSPS) is 18.1. The molecule has 0 aliphatic carbocycles. The summed E-state index contributed by atoms with van der Waals surface area (Å²) < 4.78 is 0. The van der Waals surface area contributed by atoms with E-state index >= 15 is 0 Å². The van der Waals surface area contributed by atoms with E-state index in [9.17, 15) is 0 Å². The molecule has 2 fully saturated rings. The summed E-state index contributed by atoms with van der Waals surface area (Å²) in [6.45, 7) is 4.10. The van der Waals surface area contributed by atoms with Crippen molar-refractivity contribution in [3.63, 3.8) is 0 Å². The number of nitrogens with zero attached hydrogens (tertiary/aromatic N) is 5. The van der Waals surface area contributed by atoms with E-state index in [0.29, 0.717) is 15.9 Å². The number of hydrogen-bond donors (Lipinski definition) is 1. The first-order valence-electron chi connectivity index (χ1n) is 11.3. The van der Waals surface area contributed by atoms with Crippen LogP contribution in [0, 0.1) is 0 Å². The third kappa shape index (κ3) is 6.23. The molecule has 3 heterocycles. The van der Waals surface area contributed by atoms with Gasteiger partial charge in [0.15, 0.2) is 5.82 Å². The lowest BCUT2D eigenvalue weighted by Gasteiger charge is -2.25. The van der Waals surface area contributed by atoms with Crippen LogP contribution in [0.5, 0.6) is 0 Å². The smallest absolute Gasteiger partial charge is 0.229 e. The molecule has 166 valence electrons. The van der Waals surface area contributed by atoms with Crippen molar-refractivity contribution < 1.29 is 0 Å². The van der Waals surface area contributed by atoms with Gasteiger partial charge in [-0.25, -0.2) is 0 Å². The fourth-order valence-electron chi connectivity index (χ4n) is 4.13. The summed E-state index contributed by atoms with van der Waals surface area (Å²) in [7, 11) is 0. The Kier molecular flexibility index (Phi) is 7.86. The molecule has 2 aromatic rings. The maximum Gasteiger partial charge on any atom is 0.229 e. The van der Waals surface area contributed by atoms with Crippen molar-refractivity contribution in [2.24, 2.45) is 5.10 Å². The summed E-state index contributed by atoms with van der Waals surface area (Å²) in [6.07, 6.45) is 11.6. The highest BCUT2D eigenvalue weighted by molar-refractivity contribution is 6.36. The number of aromatic nitrogens is 2. The molecule has 1 aromatic carbocycles. The minimum Gasteiger partial charge on any atom is -0.356 e. The van der Waals surface area contributed by atoms with Gasteiger partial charge in [-0.1, -0.05) is 55.0 Å².